The number of nitrogens with zero attached hydrogens (tertiary/aromatic N) is 1. The highest BCUT2D eigenvalue weighted by atomic mass is 32.2. The third kappa shape index (κ3) is 6.26. The molecule has 3 aromatic carbocycles. The van der Waals surface area contributed by atoms with Gasteiger partial charge < -0.3 is 33.8 Å². The summed E-state index contributed by atoms with van der Waals surface area (Å²) in [4.78, 5) is 13.0. The van der Waals surface area contributed by atoms with Gasteiger partial charge in [0.15, 0.2) is 0 Å². The van der Waals surface area contributed by atoms with Gasteiger partial charge in [0.25, 0.3) is 5.91 Å². The molecular formula is C29H29BFN2O8S-. The number of rotatable bonds is 12. The Morgan fingerprint density at radius 1 is 1.17 bits per heavy atom. The van der Waals surface area contributed by atoms with E-state index >= 15 is 0 Å². The van der Waals surface area contributed by atoms with Crippen LogP contribution in [0.15, 0.2) is 59.0 Å². The zero-order valence-corrected chi connectivity index (χ0v) is 23.8. The lowest BCUT2D eigenvalue weighted by molar-refractivity contribution is -0.0388. The summed E-state index contributed by atoms with van der Waals surface area (Å²) >= 11 is -2.70. The number of benzene rings is 3. The van der Waals surface area contributed by atoms with Crippen molar-refractivity contribution < 1.29 is 41.9 Å². The van der Waals surface area contributed by atoms with E-state index in [4.69, 9.17) is 13.9 Å². The largest absolute Gasteiger partial charge is 0.755 e. The van der Waals surface area contributed by atoms with Gasteiger partial charge in [0, 0.05) is 42.1 Å². The van der Waals surface area contributed by atoms with Crippen molar-refractivity contribution in [2.24, 2.45) is 0 Å². The van der Waals surface area contributed by atoms with E-state index in [-0.39, 0.29) is 43.0 Å². The van der Waals surface area contributed by atoms with E-state index in [2.05, 4.69) is 5.32 Å². The van der Waals surface area contributed by atoms with Crippen LogP contribution in [-0.4, -0.2) is 52.8 Å². The number of furan rings is 1. The predicted molar refractivity (Wildman–Crippen MR) is 155 cm³/mol. The Bertz CT molecular complexity index is 1620. The molecule has 1 atom stereocenters. The van der Waals surface area contributed by atoms with Crippen LogP contribution in [0.2, 0.25) is 0 Å². The fourth-order valence-electron chi connectivity index (χ4n) is 5.01. The van der Waals surface area contributed by atoms with E-state index in [0.29, 0.717) is 38.9 Å². The van der Waals surface area contributed by atoms with Crippen molar-refractivity contribution in [1.29, 1.82) is 0 Å². The van der Waals surface area contributed by atoms with Crippen molar-refractivity contribution in [1.82, 2.24) is 5.32 Å². The first-order valence-electron chi connectivity index (χ1n) is 13.2. The molecule has 5 rings (SSSR count). The molecule has 0 saturated heterocycles. The molecule has 1 aliphatic rings. The average Bonchev–Trinajstić information content (AvgIpc) is 3.75. The highest BCUT2D eigenvalue weighted by Crippen LogP contribution is 2.45. The Labute approximate surface area is 244 Å². The minimum atomic E-state index is -2.70. The van der Waals surface area contributed by atoms with Crippen molar-refractivity contribution in [3.05, 3.63) is 82.7 Å². The zero-order valence-electron chi connectivity index (χ0n) is 23.0. The summed E-state index contributed by atoms with van der Waals surface area (Å²) in [5.41, 5.74) is 3.68. The maximum atomic E-state index is 13.6. The van der Waals surface area contributed by atoms with Crippen LogP contribution in [0.4, 0.5) is 10.1 Å². The summed E-state index contributed by atoms with van der Waals surface area (Å²) in [6, 6.07) is 13.7. The van der Waals surface area contributed by atoms with E-state index in [0.717, 1.165) is 22.7 Å². The van der Waals surface area contributed by atoms with E-state index < -0.39 is 24.2 Å². The van der Waals surface area contributed by atoms with Crippen molar-refractivity contribution in [2.45, 2.75) is 31.9 Å². The van der Waals surface area contributed by atoms with Crippen LogP contribution in [-0.2, 0) is 33.9 Å². The lowest BCUT2D eigenvalue weighted by Gasteiger charge is -2.28. The van der Waals surface area contributed by atoms with Crippen LogP contribution < -0.4 is 15.1 Å². The van der Waals surface area contributed by atoms with Gasteiger partial charge in [0.1, 0.15) is 24.0 Å². The molecule has 0 spiro atoms. The van der Waals surface area contributed by atoms with E-state index in [9.17, 15) is 28.0 Å². The monoisotopic (exact) mass is 595 g/mol. The number of anilines is 1. The number of nitrogens with one attached hydrogen (secondary N) is 1. The van der Waals surface area contributed by atoms with Crippen LogP contribution in [0.3, 0.4) is 0 Å². The zero-order chi connectivity index (χ0) is 30.0. The molecule has 0 radical (unpaired) electrons. The molecule has 1 aliphatic carbocycles. The van der Waals surface area contributed by atoms with Gasteiger partial charge in [-0.1, -0.05) is 6.07 Å². The summed E-state index contributed by atoms with van der Waals surface area (Å²) in [5, 5.41) is 22.8. The first-order valence-corrected chi connectivity index (χ1v) is 14.2. The highest BCUT2D eigenvalue weighted by molar-refractivity contribution is 7.80. The quantitative estimate of drug-likeness (QED) is 0.0982. The number of carbonyl (C=O) groups excluding carboxylic acids is 1. The molecule has 1 amide bonds. The normalized spacial score (nSPS) is 13.8. The minimum Gasteiger partial charge on any atom is -0.755 e. The van der Waals surface area contributed by atoms with Crippen LogP contribution in [0.1, 0.15) is 45.8 Å². The van der Waals surface area contributed by atoms with E-state index in [1.54, 1.807) is 6.07 Å². The number of ether oxygens (including phenoxy) is 2. The molecule has 13 heteroatoms. The van der Waals surface area contributed by atoms with Gasteiger partial charge in [-0.3, -0.25) is 13.3 Å². The lowest BCUT2D eigenvalue weighted by atomic mass is 9.77. The number of fused-ring (bicyclic) bond motifs is 1. The van der Waals surface area contributed by atoms with Crippen molar-refractivity contribution in [3.8, 4) is 11.3 Å². The molecule has 0 aliphatic heterocycles. The molecule has 4 aromatic rings. The summed E-state index contributed by atoms with van der Waals surface area (Å²) < 4.78 is 56.3. The summed E-state index contributed by atoms with van der Waals surface area (Å²) in [6.45, 7) is -0.110. The standard InChI is InChI=1S/C29H30BFN2O8S/c1-32-29(34)27-24-13-23(17-3-4-17)19(12-26(24)41-28(27)18-5-7-21(31)8-6-18)14-33(42(37)38)22-9-10-25(30(35)36)20(11-22)15-40-16-39-2/h5-13,17,35-36H,3-4,14-16H2,1-2H3,(H,32,34)(H,37,38)/p-1. The first-order chi connectivity index (χ1) is 20.2. The SMILES string of the molecule is CNC(=O)c1c(-c2ccc(F)cc2)oc2cc(CN(c3ccc(B(O)O)c(COCOC)c3)S(=O)[O-])c(C3CC3)cc12. The first kappa shape index (κ1) is 29.9. The van der Waals surface area contributed by atoms with Crippen LogP contribution in [0.25, 0.3) is 22.3 Å². The predicted octanol–water partition coefficient (Wildman–Crippen LogP) is 3.08. The second kappa shape index (κ2) is 12.7. The second-order valence-electron chi connectivity index (χ2n) is 9.98. The smallest absolute Gasteiger partial charge is 0.488 e. The Balaban J connectivity index is 1.59. The van der Waals surface area contributed by atoms with Crippen molar-refractivity contribution >= 4 is 46.4 Å². The molecule has 10 nitrogen and oxygen atoms in total. The molecule has 42 heavy (non-hydrogen) atoms. The minimum absolute atomic E-state index is 0.0335. The third-order valence-corrected chi connectivity index (χ3v) is 7.87. The Kier molecular flexibility index (Phi) is 9.06. The fourth-order valence-corrected chi connectivity index (χ4v) is 5.54. The molecule has 1 heterocycles. The number of amides is 1. The second-order valence-corrected chi connectivity index (χ2v) is 10.9. The third-order valence-electron chi connectivity index (χ3n) is 7.17. The van der Waals surface area contributed by atoms with Gasteiger partial charge in [0.05, 0.1) is 18.7 Å². The molecule has 0 bridgehead atoms. The van der Waals surface area contributed by atoms with E-state index in [1.165, 1.54) is 56.6 Å². The molecular weight excluding hydrogens is 566 g/mol. The van der Waals surface area contributed by atoms with Crippen molar-refractivity contribution in [2.75, 3.05) is 25.3 Å². The number of hydrogen-bond donors (Lipinski definition) is 3. The number of carbonyl (C=O) groups is 1. The van der Waals surface area contributed by atoms with Crippen LogP contribution >= 0.6 is 0 Å². The topological polar surface area (TPSA) is 145 Å². The summed E-state index contributed by atoms with van der Waals surface area (Å²) in [5.74, 6) is -0.307. The summed E-state index contributed by atoms with van der Waals surface area (Å²) in [6.07, 6.45) is 1.84. The highest BCUT2D eigenvalue weighted by Gasteiger charge is 2.30. The Morgan fingerprint density at radius 2 is 1.90 bits per heavy atom. The van der Waals surface area contributed by atoms with Gasteiger partial charge in [-0.25, -0.2) is 4.39 Å². The molecule has 220 valence electrons. The average molecular weight is 595 g/mol. The number of halogens is 1. The molecule has 1 unspecified atom stereocenters. The molecule has 1 saturated carbocycles. The van der Waals surface area contributed by atoms with Crippen LogP contribution in [0, 0.1) is 5.82 Å². The maximum absolute atomic E-state index is 13.6. The Morgan fingerprint density at radius 3 is 2.52 bits per heavy atom. The maximum Gasteiger partial charge on any atom is 0.488 e. The van der Waals surface area contributed by atoms with Crippen LogP contribution in [0.5, 0.6) is 0 Å². The lowest BCUT2D eigenvalue weighted by Crippen LogP contribution is -2.34. The molecule has 1 fully saturated rings. The van der Waals surface area contributed by atoms with Gasteiger partial charge in [-0.15, -0.1) is 0 Å². The van der Waals surface area contributed by atoms with Gasteiger partial charge in [-0.2, -0.15) is 0 Å². The number of methoxy groups -OCH3 is 1. The Hall–Kier alpha value is -3.59. The molecule has 1 aromatic heterocycles. The van der Waals surface area contributed by atoms with Crippen molar-refractivity contribution in [3.63, 3.8) is 0 Å². The molecule has 3 N–H and O–H groups in total. The van der Waals surface area contributed by atoms with Gasteiger partial charge in [-0.05, 0) is 89.4 Å². The van der Waals surface area contributed by atoms with Gasteiger partial charge in [0.2, 0.25) is 0 Å². The van der Waals surface area contributed by atoms with E-state index in [1.807, 2.05) is 6.07 Å². The fraction of sp³-hybridized carbons (Fsp3) is 0.276. The summed E-state index contributed by atoms with van der Waals surface area (Å²) in [7, 11) is 1.19. The van der Waals surface area contributed by atoms with Gasteiger partial charge >= 0.3 is 7.12 Å². The number of hydrogen-bond acceptors (Lipinski definition) is 8.